The Labute approximate surface area is 162 Å². The van der Waals surface area contributed by atoms with Gasteiger partial charge >= 0.3 is 0 Å². The van der Waals surface area contributed by atoms with Crippen LogP contribution in [0.4, 0.5) is 5.69 Å². The van der Waals surface area contributed by atoms with Crippen molar-refractivity contribution in [3.05, 3.63) is 65.7 Å². The second-order valence-electron chi connectivity index (χ2n) is 7.18. The zero-order valence-electron chi connectivity index (χ0n) is 16.4. The van der Waals surface area contributed by atoms with E-state index in [1.807, 2.05) is 30.3 Å². The molecule has 0 unspecified atom stereocenters. The van der Waals surface area contributed by atoms with E-state index in [2.05, 4.69) is 48.3 Å². The van der Waals surface area contributed by atoms with Gasteiger partial charge in [-0.1, -0.05) is 56.3 Å². The fraction of sp³-hybridized carbons (Fsp3) is 0.435. The topological polar surface area (TPSA) is 41.6 Å². The van der Waals surface area contributed by atoms with Crippen molar-refractivity contribution in [2.45, 2.75) is 38.6 Å². The zero-order valence-corrected chi connectivity index (χ0v) is 16.4. The lowest BCUT2D eigenvalue weighted by atomic mass is 9.73. The fourth-order valence-corrected chi connectivity index (χ4v) is 3.83. The van der Waals surface area contributed by atoms with Crippen LogP contribution in [0.3, 0.4) is 0 Å². The van der Waals surface area contributed by atoms with Crippen LogP contribution < -0.4 is 5.32 Å². The number of amides is 1. The summed E-state index contributed by atoms with van der Waals surface area (Å²) < 4.78 is 5.55. The molecule has 2 aromatic carbocycles. The highest BCUT2D eigenvalue weighted by molar-refractivity contribution is 5.99. The molecule has 1 amide bonds. The summed E-state index contributed by atoms with van der Waals surface area (Å²) in [5.74, 6) is 0.0667. The highest BCUT2D eigenvalue weighted by Gasteiger charge is 2.41. The van der Waals surface area contributed by atoms with Gasteiger partial charge in [0.25, 0.3) is 0 Å². The Hall–Kier alpha value is -2.17. The zero-order chi connectivity index (χ0) is 19.1. The van der Waals surface area contributed by atoms with Crippen molar-refractivity contribution >= 4 is 11.6 Å². The number of anilines is 1. The molecule has 0 atom stereocenters. The number of benzene rings is 2. The third-order valence-corrected chi connectivity index (χ3v) is 5.59. The second-order valence-corrected chi connectivity index (χ2v) is 7.18. The quantitative estimate of drug-likeness (QED) is 0.798. The summed E-state index contributed by atoms with van der Waals surface area (Å²) in [6, 6.07) is 18.3. The van der Waals surface area contributed by atoms with Crippen LogP contribution in [-0.2, 0) is 21.5 Å². The summed E-state index contributed by atoms with van der Waals surface area (Å²) in [4.78, 5) is 15.7. The molecular formula is C23H30N2O2. The van der Waals surface area contributed by atoms with Crippen molar-refractivity contribution in [1.82, 2.24) is 4.90 Å². The lowest BCUT2D eigenvalue weighted by Gasteiger charge is -2.36. The highest BCUT2D eigenvalue weighted by atomic mass is 16.5. The fourth-order valence-electron chi connectivity index (χ4n) is 3.83. The maximum Gasteiger partial charge on any atom is 0.235 e. The summed E-state index contributed by atoms with van der Waals surface area (Å²) in [6.45, 7) is 8.51. The first-order valence-corrected chi connectivity index (χ1v) is 9.94. The molecule has 2 aromatic rings. The van der Waals surface area contributed by atoms with E-state index in [9.17, 15) is 4.79 Å². The third-order valence-electron chi connectivity index (χ3n) is 5.59. The van der Waals surface area contributed by atoms with Crippen LogP contribution in [-0.4, -0.2) is 37.1 Å². The van der Waals surface area contributed by atoms with Crippen LogP contribution in [0.1, 0.15) is 37.8 Å². The Morgan fingerprint density at radius 1 is 1.04 bits per heavy atom. The Kier molecular flexibility index (Phi) is 6.64. The van der Waals surface area contributed by atoms with Crippen LogP contribution in [0.15, 0.2) is 54.6 Å². The van der Waals surface area contributed by atoms with Gasteiger partial charge in [-0.2, -0.15) is 0 Å². The van der Waals surface area contributed by atoms with Crippen molar-refractivity contribution in [3.63, 3.8) is 0 Å². The number of nitrogens with one attached hydrogen (secondary N) is 1. The maximum atomic E-state index is 13.4. The minimum Gasteiger partial charge on any atom is -0.381 e. The molecule has 3 rings (SSSR count). The van der Waals surface area contributed by atoms with Gasteiger partial charge in [-0.3, -0.25) is 9.69 Å². The molecule has 0 aliphatic carbocycles. The van der Waals surface area contributed by atoms with Crippen molar-refractivity contribution in [2.75, 3.05) is 31.6 Å². The van der Waals surface area contributed by atoms with Crippen LogP contribution in [0.25, 0.3) is 0 Å². The molecule has 0 bridgehead atoms. The van der Waals surface area contributed by atoms with Crippen molar-refractivity contribution in [1.29, 1.82) is 0 Å². The van der Waals surface area contributed by atoms with E-state index >= 15 is 0 Å². The highest BCUT2D eigenvalue weighted by Crippen LogP contribution is 2.36. The van der Waals surface area contributed by atoms with E-state index < -0.39 is 5.41 Å². The molecule has 27 heavy (non-hydrogen) atoms. The Bertz CT molecular complexity index is 735. The molecule has 1 saturated heterocycles. The molecule has 1 heterocycles. The van der Waals surface area contributed by atoms with Crippen LogP contribution in [0.5, 0.6) is 0 Å². The van der Waals surface area contributed by atoms with Gasteiger partial charge in [0.2, 0.25) is 5.91 Å². The number of carbonyl (C=O) groups excluding carboxylic acids is 1. The normalized spacial score (nSPS) is 16.3. The average Bonchev–Trinajstić information content (AvgIpc) is 2.73. The molecule has 0 saturated carbocycles. The molecule has 0 aromatic heterocycles. The van der Waals surface area contributed by atoms with Crippen LogP contribution in [0.2, 0.25) is 0 Å². The first kappa shape index (κ1) is 19.6. The molecule has 144 valence electrons. The number of ether oxygens (including phenoxy) is 1. The summed E-state index contributed by atoms with van der Waals surface area (Å²) in [5, 5.41) is 3.19. The van der Waals surface area contributed by atoms with Gasteiger partial charge < -0.3 is 10.1 Å². The molecule has 1 aliphatic heterocycles. The van der Waals surface area contributed by atoms with Gasteiger partial charge in [-0.15, -0.1) is 0 Å². The van der Waals surface area contributed by atoms with E-state index in [1.54, 1.807) is 0 Å². The first-order chi connectivity index (χ1) is 13.2. The van der Waals surface area contributed by atoms with Crippen molar-refractivity contribution < 1.29 is 9.53 Å². The minimum absolute atomic E-state index is 0.0667. The summed E-state index contributed by atoms with van der Waals surface area (Å²) in [5.41, 5.74) is 2.64. The maximum absolute atomic E-state index is 13.4. The monoisotopic (exact) mass is 366 g/mol. The molecule has 0 spiro atoms. The van der Waals surface area contributed by atoms with E-state index in [0.717, 1.165) is 30.9 Å². The second kappa shape index (κ2) is 9.16. The van der Waals surface area contributed by atoms with Crippen molar-refractivity contribution in [2.24, 2.45) is 0 Å². The number of rotatable bonds is 7. The standard InChI is InChI=1S/C23H30N2O2/c1-3-25(4-2)18-19-9-8-12-21(17-19)24-22(26)23(13-15-27-16-14-23)20-10-6-5-7-11-20/h5-12,17H,3-4,13-16,18H2,1-2H3,(H,24,26). The van der Waals surface area contributed by atoms with E-state index in [-0.39, 0.29) is 5.91 Å². The predicted molar refractivity (Wildman–Crippen MR) is 110 cm³/mol. The Morgan fingerprint density at radius 2 is 1.74 bits per heavy atom. The molecule has 1 fully saturated rings. The van der Waals surface area contributed by atoms with Crippen molar-refractivity contribution in [3.8, 4) is 0 Å². The number of nitrogens with zero attached hydrogens (tertiary/aromatic N) is 1. The molecule has 1 aliphatic rings. The lowest BCUT2D eigenvalue weighted by Crippen LogP contribution is -2.44. The van der Waals surface area contributed by atoms with E-state index in [1.165, 1.54) is 5.56 Å². The van der Waals surface area contributed by atoms with Gasteiger partial charge in [-0.25, -0.2) is 0 Å². The van der Waals surface area contributed by atoms with E-state index in [0.29, 0.717) is 26.1 Å². The molecular weight excluding hydrogens is 336 g/mol. The summed E-state index contributed by atoms with van der Waals surface area (Å²) in [7, 11) is 0. The number of hydrogen-bond acceptors (Lipinski definition) is 3. The van der Waals surface area contributed by atoms with Gasteiger partial charge in [0.15, 0.2) is 0 Å². The smallest absolute Gasteiger partial charge is 0.235 e. The average molecular weight is 367 g/mol. The number of hydrogen-bond donors (Lipinski definition) is 1. The summed E-state index contributed by atoms with van der Waals surface area (Å²) in [6.07, 6.45) is 1.42. The van der Waals surface area contributed by atoms with Gasteiger partial charge in [-0.05, 0) is 49.2 Å². The molecule has 4 nitrogen and oxygen atoms in total. The first-order valence-electron chi connectivity index (χ1n) is 9.94. The van der Waals surface area contributed by atoms with E-state index in [4.69, 9.17) is 4.74 Å². The predicted octanol–water partition coefficient (Wildman–Crippen LogP) is 4.22. The number of carbonyl (C=O) groups is 1. The Balaban J connectivity index is 1.80. The minimum atomic E-state index is -0.519. The largest absolute Gasteiger partial charge is 0.381 e. The van der Waals surface area contributed by atoms with Gasteiger partial charge in [0, 0.05) is 25.4 Å². The SMILES string of the molecule is CCN(CC)Cc1cccc(NC(=O)C2(c3ccccc3)CCOCC2)c1. The summed E-state index contributed by atoms with van der Waals surface area (Å²) >= 11 is 0. The van der Waals surface area contributed by atoms with Crippen LogP contribution in [0, 0.1) is 0 Å². The molecule has 1 N–H and O–H groups in total. The van der Waals surface area contributed by atoms with Gasteiger partial charge in [0.1, 0.15) is 0 Å². The third kappa shape index (κ3) is 4.57. The van der Waals surface area contributed by atoms with Gasteiger partial charge in [0.05, 0.1) is 5.41 Å². The lowest BCUT2D eigenvalue weighted by molar-refractivity contribution is -0.125. The molecule has 4 heteroatoms. The Morgan fingerprint density at radius 3 is 2.41 bits per heavy atom. The molecule has 0 radical (unpaired) electrons. The van der Waals surface area contributed by atoms with Crippen LogP contribution >= 0.6 is 0 Å².